The summed E-state index contributed by atoms with van der Waals surface area (Å²) >= 11 is 0. The van der Waals surface area contributed by atoms with Gasteiger partial charge in [0.2, 0.25) is 0 Å². The fourth-order valence-electron chi connectivity index (χ4n) is 3.83. The smallest absolute Gasteiger partial charge is 0.115 e. The Morgan fingerprint density at radius 1 is 0.931 bits per heavy atom. The van der Waals surface area contributed by atoms with E-state index in [-0.39, 0.29) is 5.60 Å². The molecule has 0 aromatic heterocycles. The van der Waals surface area contributed by atoms with Gasteiger partial charge >= 0.3 is 0 Å². The molecule has 0 spiro atoms. The van der Waals surface area contributed by atoms with Crippen molar-refractivity contribution < 1.29 is 4.74 Å². The molecule has 150 valence electrons. The zero-order valence-electron chi connectivity index (χ0n) is 17.4. The third-order valence-corrected chi connectivity index (χ3v) is 5.62. The molecule has 0 saturated heterocycles. The topological polar surface area (TPSA) is 33.0 Å². The summed E-state index contributed by atoms with van der Waals surface area (Å²) in [5.41, 5.74) is 3.83. The molecule has 0 radical (unpaired) electrons. The van der Waals surface area contributed by atoms with Gasteiger partial charge in [-0.1, -0.05) is 93.6 Å². The summed E-state index contributed by atoms with van der Waals surface area (Å²) in [6.45, 7) is 3.03. The van der Waals surface area contributed by atoms with Crippen molar-refractivity contribution in [1.82, 2.24) is 0 Å². The molecule has 0 fully saturated rings. The highest BCUT2D eigenvalue weighted by Crippen LogP contribution is 2.37. The quantitative estimate of drug-likeness (QED) is 0.406. The van der Waals surface area contributed by atoms with Gasteiger partial charge in [-0.3, -0.25) is 0 Å². The molecule has 0 aliphatic heterocycles. The zero-order valence-corrected chi connectivity index (χ0v) is 17.4. The van der Waals surface area contributed by atoms with E-state index in [9.17, 15) is 0 Å². The Bertz CT molecular complexity index is 858. The van der Waals surface area contributed by atoms with Gasteiger partial charge < -0.3 is 4.74 Å². The lowest BCUT2D eigenvalue weighted by atomic mass is 9.84. The standard InChI is InChI=1S/C27H31NO/c1-2-3-4-5-6-10-21-29-27(26-11-8-7-9-12-26)19-17-25(18-20-27)24-15-13-23(22-28)14-16-24/h7-9,11-19H,2-6,10,20-21H2,1H3. The number of rotatable bonds is 10. The minimum Gasteiger partial charge on any atom is -0.366 e. The van der Waals surface area contributed by atoms with Gasteiger partial charge in [0.25, 0.3) is 0 Å². The predicted octanol–water partition coefficient (Wildman–Crippen LogP) is 7.17. The van der Waals surface area contributed by atoms with Crippen LogP contribution in [0.4, 0.5) is 0 Å². The van der Waals surface area contributed by atoms with Crippen LogP contribution in [0.3, 0.4) is 0 Å². The molecule has 3 rings (SSSR count). The normalized spacial score (nSPS) is 18.3. The molecule has 1 unspecified atom stereocenters. The number of nitrogens with zero attached hydrogens (tertiary/aromatic N) is 1. The average molecular weight is 386 g/mol. The Kier molecular flexibility index (Phi) is 7.85. The van der Waals surface area contributed by atoms with Gasteiger partial charge in [0, 0.05) is 13.0 Å². The highest BCUT2D eigenvalue weighted by atomic mass is 16.5. The van der Waals surface area contributed by atoms with E-state index >= 15 is 0 Å². The number of hydrogen-bond donors (Lipinski definition) is 0. The monoisotopic (exact) mass is 385 g/mol. The van der Waals surface area contributed by atoms with Crippen LogP contribution >= 0.6 is 0 Å². The average Bonchev–Trinajstić information content (AvgIpc) is 2.79. The second-order valence-corrected chi connectivity index (χ2v) is 7.76. The number of nitriles is 1. The van der Waals surface area contributed by atoms with Crippen molar-refractivity contribution in [1.29, 1.82) is 5.26 Å². The maximum Gasteiger partial charge on any atom is 0.115 e. The van der Waals surface area contributed by atoms with Crippen LogP contribution in [0.15, 0.2) is 72.8 Å². The maximum absolute atomic E-state index is 9.00. The summed E-state index contributed by atoms with van der Waals surface area (Å²) in [7, 11) is 0. The molecular weight excluding hydrogens is 354 g/mol. The molecule has 1 aliphatic carbocycles. The van der Waals surface area contributed by atoms with E-state index in [2.05, 4.69) is 61.6 Å². The van der Waals surface area contributed by atoms with E-state index in [0.717, 1.165) is 25.0 Å². The lowest BCUT2D eigenvalue weighted by molar-refractivity contribution is -0.0129. The fourth-order valence-corrected chi connectivity index (χ4v) is 3.83. The van der Waals surface area contributed by atoms with Gasteiger partial charge in [-0.2, -0.15) is 5.26 Å². The van der Waals surface area contributed by atoms with Crippen molar-refractivity contribution in [2.24, 2.45) is 0 Å². The first-order valence-electron chi connectivity index (χ1n) is 10.9. The first-order chi connectivity index (χ1) is 14.3. The van der Waals surface area contributed by atoms with Gasteiger partial charge in [-0.25, -0.2) is 0 Å². The summed E-state index contributed by atoms with van der Waals surface area (Å²) in [6.07, 6.45) is 15.1. The Morgan fingerprint density at radius 3 is 2.31 bits per heavy atom. The van der Waals surface area contributed by atoms with Gasteiger partial charge in [0.05, 0.1) is 11.6 Å². The second-order valence-electron chi connectivity index (χ2n) is 7.76. The minimum atomic E-state index is -0.388. The van der Waals surface area contributed by atoms with Crippen LogP contribution in [0, 0.1) is 11.3 Å². The first-order valence-corrected chi connectivity index (χ1v) is 10.9. The lowest BCUT2D eigenvalue weighted by Gasteiger charge is -2.33. The molecule has 1 atom stereocenters. The molecule has 0 heterocycles. The SMILES string of the molecule is CCCCCCCCOC1(c2ccccc2)C=CC(c2ccc(C#N)cc2)=CC1. The number of benzene rings is 2. The van der Waals surface area contributed by atoms with Crippen LogP contribution in [-0.4, -0.2) is 6.61 Å². The summed E-state index contributed by atoms with van der Waals surface area (Å²) in [4.78, 5) is 0. The van der Waals surface area contributed by atoms with Crippen LogP contribution in [0.2, 0.25) is 0 Å². The molecule has 0 N–H and O–H groups in total. The zero-order chi connectivity index (χ0) is 20.4. The third-order valence-electron chi connectivity index (χ3n) is 5.62. The lowest BCUT2D eigenvalue weighted by Crippen LogP contribution is -2.29. The van der Waals surface area contributed by atoms with E-state index in [1.54, 1.807) is 0 Å². The van der Waals surface area contributed by atoms with Crippen molar-refractivity contribution in [3.63, 3.8) is 0 Å². The number of ether oxygens (including phenoxy) is 1. The Labute approximate surface area is 175 Å². The van der Waals surface area contributed by atoms with Gasteiger partial charge in [0.15, 0.2) is 0 Å². The molecule has 0 bridgehead atoms. The van der Waals surface area contributed by atoms with Crippen LogP contribution in [0.25, 0.3) is 5.57 Å². The van der Waals surface area contributed by atoms with Crippen LogP contribution in [-0.2, 0) is 10.3 Å². The van der Waals surface area contributed by atoms with Crippen molar-refractivity contribution in [2.45, 2.75) is 57.5 Å². The first kappa shape index (κ1) is 21.1. The van der Waals surface area contributed by atoms with E-state index in [0.29, 0.717) is 5.56 Å². The Morgan fingerprint density at radius 2 is 1.66 bits per heavy atom. The van der Waals surface area contributed by atoms with Crippen molar-refractivity contribution in [3.05, 3.63) is 89.5 Å². The van der Waals surface area contributed by atoms with E-state index in [4.69, 9.17) is 10.00 Å². The summed E-state index contributed by atoms with van der Waals surface area (Å²) in [5, 5.41) is 9.00. The van der Waals surface area contributed by atoms with E-state index in [1.165, 1.54) is 43.2 Å². The molecule has 0 saturated carbocycles. The van der Waals surface area contributed by atoms with Crippen LogP contribution in [0.5, 0.6) is 0 Å². The minimum absolute atomic E-state index is 0.388. The predicted molar refractivity (Wildman–Crippen MR) is 120 cm³/mol. The molecule has 2 aromatic rings. The molecule has 29 heavy (non-hydrogen) atoms. The highest BCUT2D eigenvalue weighted by Gasteiger charge is 2.31. The highest BCUT2D eigenvalue weighted by molar-refractivity contribution is 5.76. The second kappa shape index (κ2) is 10.8. The number of hydrogen-bond acceptors (Lipinski definition) is 2. The van der Waals surface area contributed by atoms with Gasteiger partial charge in [0.1, 0.15) is 5.60 Å². The van der Waals surface area contributed by atoms with Crippen LogP contribution < -0.4 is 0 Å². The summed E-state index contributed by atoms with van der Waals surface area (Å²) in [6, 6.07) is 20.5. The van der Waals surface area contributed by atoms with E-state index in [1.807, 2.05) is 24.3 Å². The van der Waals surface area contributed by atoms with Gasteiger partial charge in [-0.05, 0) is 41.3 Å². The van der Waals surface area contributed by atoms with Crippen molar-refractivity contribution >= 4 is 5.57 Å². The van der Waals surface area contributed by atoms with E-state index < -0.39 is 0 Å². The molecule has 1 aliphatic rings. The molecule has 0 amide bonds. The Balaban J connectivity index is 1.67. The molecule has 2 nitrogen and oxygen atoms in total. The Hall–Kier alpha value is -2.63. The molecule has 2 heteroatoms. The molecule has 2 aromatic carbocycles. The van der Waals surface area contributed by atoms with Crippen molar-refractivity contribution in [3.8, 4) is 6.07 Å². The van der Waals surface area contributed by atoms with Gasteiger partial charge in [-0.15, -0.1) is 0 Å². The fraction of sp³-hybridized carbons (Fsp3) is 0.370. The summed E-state index contributed by atoms with van der Waals surface area (Å²) in [5.74, 6) is 0. The maximum atomic E-state index is 9.00. The third kappa shape index (κ3) is 5.68. The number of allylic oxidation sites excluding steroid dienone is 2. The summed E-state index contributed by atoms with van der Waals surface area (Å²) < 4.78 is 6.51. The number of unbranched alkanes of at least 4 members (excludes halogenated alkanes) is 5. The van der Waals surface area contributed by atoms with Crippen molar-refractivity contribution in [2.75, 3.05) is 6.61 Å². The van der Waals surface area contributed by atoms with Crippen LogP contribution in [0.1, 0.15) is 68.6 Å². The molecular formula is C27H31NO. The largest absolute Gasteiger partial charge is 0.366 e.